The smallest absolute Gasteiger partial charge is 0.408 e. The number of hydrogen-bond acceptors (Lipinski definition) is 14. The third-order valence-electron chi connectivity index (χ3n) is 12.9. The number of nitrogens with one attached hydrogen (secondary N) is 2. The summed E-state index contributed by atoms with van der Waals surface area (Å²) in [5, 5.41) is 15.1. The van der Waals surface area contributed by atoms with Crippen LogP contribution in [-0.4, -0.2) is 135 Å². The number of alkyl carbamates (subject to hydrolysis) is 1. The molecule has 0 radical (unpaired) electrons. The van der Waals surface area contributed by atoms with E-state index in [0.717, 1.165) is 0 Å². The summed E-state index contributed by atoms with van der Waals surface area (Å²) in [5.41, 5.74) is -2.48. The molecule has 4 aliphatic rings. The van der Waals surface area contributed by atoms with Crippen molar-refractivity contribution in [3.05, 3.63) is 36.5 Å². The van der Waals surface area contributed by atoms with Gasteiger partial charge in [-0.2, -0.15) is 0 Å². The summed E-state index contributed by atoms with van der Waals surface area (Å²) >= 11 is 0. The van der Waals surface area contributed by atoms with Gasteiger partial charge in [0.2, 0.25) is 10.0 Å². The van der Waals surface area contributed by atoms with Crippen molar-refractivity contribution >= 4 is 38.8 Å². The number of Topliss-reactive ketones (excluding diaryl/α,β-unsaturated/α-hetero) is 1. The summed E-state index contributed by atoms with van der Waals surface area (Å²) in [6.07, 6.45) is -3.75. The minimum atomic E-state index is -4.23. The summed E-state index contributed by atoms with van der Waals surface area (Å²) in [6.45, 7) is 13.7. The zero-order chi connectivity index (χ0) is 43.2. The van der Waals surface area contributed by atoms with Gasteiger partial charge in [-0.15, -0.1) is 0 Å². The number of ether oxygens (including phenoxy) is 6. The van der Waals surface area contributed by atoms with Gasteiger partial charge < -0.3 is 43.7 Å². The number of aliphatic hydroxyl groups is 1. The number of carbonyl (C=O) groups is 3. The normalized spacial score (nSPS) is 40.3. The summed E-state index contributed by atoms with van der Waals surface area (Å²) in [4.78, 5) is 48.0. The van der Waals surface area contributed by atoms with E-state index in [2.05, 4.69) is 15.0 Å². The minimum Gasteiger partial charge on any atom is -0.458 e. The molecule has 59 heavy (non-hydrogen) atoms. The molecular formula is C42H62N4O12S. The molecule has 328 valence electrons. The molecule has 5 heterocycles. The van der Waals surface area contributed by atoms with Crippen LogP contribution in [0, 0.1) is 23.7 Å². The van der Waals surface area contributed by atoms with E-state index in [1.165, 1.54) is 12.3 Å². The maximum Gasteiger partial charge on any atom is 0.408 e. The molecule has 4 fully saturated rings. The lowest BCUT2D eigenvalue weighted by atomic mass is 9.73. The highest BCUT2D eigenvalue weighted by Gasteiger charge is 2.58. The van der Waals surface area contributed by atoms with E-state index in [9.17, 15) is 27.9 Å². The molecular weight excluding hydrogens is 785 g/mol. The van der Waals surface area contributed by atoms with Crippen molar-refractivity contribution in [2.75, 3.05) is 27.3 Å². The fraction of sp³-hybridized carbons (Fsp3) is 0.714. The molecule has 16 nitrogen and oxygen atoms in total. The van der Waals surface area contributed by atoms with E-state index < -0.39 is 99.7 Å². The predicted molar refractivity (Wildman–Crippen MR) is 216 cm³/mol. The molecule has 15 atom stereocenters. The molecule has 17 heteroatoms. The number of amides is 1. The molecule has 0 saturated carbocycles. The quantitative estimate of drug-likeness (QED) is 0.342. The molecule has 1 aromatic carbocycles. The first-order chi connectivity index (χ1) is 27.7. The monoisotopic (exact) mass is 846 g/mol. The molecule has 4 aliphatic heterocycles. The van der Waals surface area contributed by atoms with Crippen molar-refractivity contribution < 1.29 is 56.3 Å². The highest BCUT2D eigenvalue weighted by atomic mass is 32.2. The Kier molecular flexibility index (Phi) is 13.5. The van der Waals surface area contributed by atoms with Gasteiger partial charge in [-0.05, 0) is 73.2 Å². The average Bonchev–Trinajstić information content (AvgIpc) is 3.52. The Balaban J connectivity index is 1.46. The Hall–Kier alpha value is -3.29. The van der Waals surface area contributed by atoms with Crippen molar-refractivity contribution in [2.45, 2.75) is 146 Å². The fourth-order valence-corrected chi connectivity index (χ4v) is 11.2. The van der Waals surface area contributed by atoms with Crippen LogP contribution < -0.4 is 10.0 Å². The number of pyridine rings is 1. The van der Waals surface area contributed by atoms with E-state index in [-0.39, 0.29) is 48.9 Å². The van der Waals surface area contributed by atoms with Gasteiger partial charge in [-0.3, -0.25) is 14.6 Å². The Labute approximate surface area is 347 Å². The number of para-hydroxylation sites is 1. The number of nitrogens with zero attached hydrogens (tertiary/aromatic N) is 2. The lowest BCUT2D eigenvalue weighted by Gasteiger charge is -2.48. The lowest BCUT2D eigenvalue weighted by Crippen LogP contribution is -2.60. The highest BCUT2D eigenvalue weighted by Crippen LogP contribution is 2.42. The third-order valence-corrected chi connectivity index (χ3v) is 14.5. The number of carbonyl (C=O) groups excluding carboxylic acids is 3. The molecule has 1 aromatic heterocycles. The highest BCUT2D eigenvalue weighted by molar-refractivity contribution is 7.89. The number of ketones is 1. The largest absolute Gasteiger partial charge is 0.458 e. The van der Waals surface area contributed by atoms with Gasteiger partial charge in [0.25, 0.3) is 0 Å². The van der Waals surface area contributed by atoms with E-state index in [4.69, 9.17) is 28.4 Å². The van der Waals surface area contributed by atoms with Crippen LogP contribution in [-0.2, 0) is 48.0 Å². The van der Waals surface area contributed by atoms with E-state index in [1.807, 2.05) is 32.8 Å². The summed E-state index contributed by atoms with van der Waals surface area (Å²) in [5.74, 6) is -4.05. The summed E-state index contributed by atoms with van der Waals surface area (Å²) in [6, 6.07) is 6.26. The zero-order valence-corrected chi connectivity index (χ0v) is 36.6. The fourth-order valence-electron chi connectivity index (χ4n) is 9.77. The zero-order valence-electron chi connectivity index (χ0n) is 35.7. The van der Waals surface area contributed by atoms with Gasteiger partial charge in [0.05, 0.1) is 60.6 Å². The van der Waals surface area contributed by atoms with Gasteiger partial charge in [0.1, 0.15) is 22.9 Å². The van der Waals surface area contributed by atoms with Gasteiger partial charge in [0, 0.05) is 35.4 Å². The molecule has 2 aromatic rings. The van der Waals surface area contributed by atoms with Crippen molar-refractivity contribution in [1.82, 2.24) is 19.9 Å². The minimum absolute atomic E-state index is 0.0279. The first-order valence-corrected chi connectivity index (χ1v) is 22.2. The topological polar surface area (TPSA) is 201 Å². The second kappa shape index (κ2) is 17.6. The molecule has 0 aliphatic carbocycles. The molecule has 2 bridgehead atoms. The number of aromatic nitrogens is 1. The molecule has 0 spiro atoms. The summed E-state index contributed by atoms with van der Waals surface area (Å²) in [7, 11) is -0.487. The van der Waals surface area contributed by atoms with Crippen LogP contribution in [0.3, 0.4) is 0 Å². The number of aliphatic hydroxyl groups excluding tert-OH is 1. The van der Waals surface area contributed by atoms with Crippen LogP contribution in [0.5, 0.6) is 0 Å². The van der Waals surface area contributed by atoms with E-state index in [0.29, 0.717) is 17.3 Å². The second-order valence-electron chi connectivity index (χ2n) is 17.7. The second-order valence-corrected chi connectivity index (χ2v) is 19.4. The van der Waals surface area contributed by atoms with Crippen LogP contribution >= 0.6 is 0 Å². The SMILES string of the molecule is CC[C@H]1OC(=O)[C@H](C)[C@H]2OCC(NS(=O)(=O)c3cccc4cccnc34)CO[C@](C)(C[C@@H](C)C(=O)[C@H](C)[C@H]3NC(=O)O[C@@]31C)[C@H](O[C@@H]1O[C@H](C)C[C@H](N(C)C)[C@H]1O)[C@H]2C. The maximum absolute atomic E-state index is 14.6. The number of fused-ring (bicyclic) bond motifs is 5. The standard InChI is InChI=1S/C42H62N4O12S/c1-11-31-42(8)36(44-40(50)58-42)24(4)33(47)22(2)19-41(7)37(57-39-34(48)29(46(9)10)18-23(3)55-39)25(5)35(26(6)38(49)56-31)53-20-28(21-54-41)45-59(51,52)30-16-12-14-27-15-13-17-43-32(27)30/h12-17,22-26,28-29,31,34-37,39,45,48H,11,18-21H2,1-10H3,(H,44,50)/t22-,23-,24+,25+,26-,28?,29+,31-,34-,35+,36-,37-,39+,41-,42-/m1/s1. The van der Waals surface area contributed by atoms with Gasteiger partial charge in [-0.25, -0.2) is 17.9 Å². The third kappa shape index (κ3) is 9.03. The van der Waals surface area contributed by atoms with Crippen molar-refractivity contribution in [1.29, 1.82) is 0 Å². The van der Waals surface area contributed by atoms with Gasteiger partial charge in [0.15, 0.2) is 11.9 Å². The lowest BCUT2D eigenvalue weighted by molar-refractivity contribution is -0.302. The first kappa shape index (κ1) is 45.2. The number of sulfonamides is 1. The first-order valence-electron chi connectivity index (χ1n) is 20.7. The average molecular weight is 847 g/mol. The number of cyclic esters (lactones) is 1. The van der Waals surface area contributed by atoms with Gasteiger partial charge >= 0.3 is 12.1 Å². The Bertz CT molecular complexity index is 1960. The number of likely N-dealkylation sites (N-methyl/N-ethyl adjacent to an activating group) is 1. The van der Waals surface area contributed by atoms with Crippen LogP contribution in [0.1, 0.15) is 74.7 Å². The van der Waals surface area contributed by atoms with Crippen LogP contribution in [0.15, 0.2) is 41.4 Å². The molecule has 3 N–H and O–H groups in total. The molecule has 6 rings (SSSR count). The van der Waals surface area contributed by atoms with Crippen molar-refractivity contribution in [2.24, 2.45) is 23.7 Å². The van der Waals surface area contributed by atoms with Crippen LogP contribution in [0.4, 0.5) is 4.79 Å². The van der Waals surface area contributed by atoms with Crippen LogP contribution in [0.2, 0.25) is 0 Å². The summed E-state index contributed by atoms with van der Waals surface area (Å²) < 4.78 is 69.8. The van der Waals surface area contributed by atoms with Crippen molar-refractivity contribution in [3.63, 3.8) is 0 Å². The Morgan fingerprint density at radius 3 is 2.44 bits per heavy atom. The number of rotatable bonds is 7. The molecule has 1 unspecified atom stereocenters. The maximum atomic E-state index is 14.6. The Morgan fingerprint density at radius 1 is 1.03 bits per heavy atom. The number of benzene rings is 1. The molecule has 1 amide bonds. The number of hydrogen-bond donors (Lipinski definition) is 3. The molecule has 4 saturated heterocycles. The Morgan fingerprint density at radius 2 is 1.75 bits per heavy atom. The van der Waals surface area contributed by atoms with Gasteiger partial charge in [-0.1, -0.05) is 45.9 Å². The van der Waals surface area contributed by atoms with Crippen LogP contribution in [0.25, 0.3) is 10.9 Å². The predicted octanol–water partition coefficient (Wildman–Crippen LogP) is 3.57. The number of esters is 1. The van der Waals surface area contributed by atoms with Crippen molar-refractivity contribution in [3.8, 4) is 0 Å². The van der Waals surface area contributed by atoms with E-state index >= 15 is 0 Å². The van der Waals surface area contributed by atoms with E-state index in [1.54, 1.807) is 65.8 Å².